The van der Waals surface area contributed by atoms with Gasteiger partial charge < -0.3 is 9.47 Å². The van der Waals surface area contributed by atoms with Crippen molar-refractivity contribution in [2.45, 2.75) is 31.3 Å². The summed E-state index contributed by atoms with van der Waals surface area (Å²) >= 11 is 3.69. The quantitative estimate of drug-likeness (QED) is 0.728. The van der Waals surface area contributed by atoms with Gasteiger partial charge in [0.2, 0.25) is 0 Å². The molecule has 2 aliphatic rings. The van der Waals surface area contributed by atoms with Crippen LogP contribution in [0.15, 0.2) is 22.7 Å². The van der Waals surface area contributed by atoms with Crippen LogP contribution in [0, 0.1) is 0 Å². The Balaban J connectivity index is 2.11. The van der Waals surface area contributed by atoms with Crippen molar-refractivity contribution in [2.24, 2.45) is 0 Å². The predicted molar refractivity (Wildman–Crippen MR) is 70.2 cm³/mol. The van der Waals surface area contributed by atoms with Gasteiger partial charge >= 0.3 is 0 Å². The van der Waals surface area contributed by atoms with Crippen LogP contribution < -0.4 is 0 Å². The molecule has 0 bridgehead atoms. The number of ether oxygens (including phenoxy) is 2. The molecular weight excluding hydrogens is 280 g/mol. The summed E-state index contributed by atoms with van der Waals surface area (Å²) in [6.07, 6.45) is 1.95. The van der Waals surface area contributed by atoms with E-state index >= 15 is 0 Å². The molecule has 0 aromatic heterocycles. The first-order valence-electron chi connectivity index (χ1n) is 6.23. The van der Waals surface area contributed by atoms with Crippen molar-refractivity contribution in [3.05, 3.63) is 33.8 Å². The van der Waals surface area contributed by atoms with E-state index in [9.17, 15) is 0 Å². The van der Waals surface area contributed by atoms with Crippen LogP contribution in [0.5, 0.6) is 0 Å². The Morgan fingerprint density at radius 3 is 2.82 bits per heavy atom. The SMILES string of the molecule is CC1COC2(CCOCC2)c2cccc(Br)c21. The highest BCUT2D eigenvalue weighted by Crippen LogP contribution is 2.46. The minimum absolute atomic E-state index is 0.0934. The van der Waals surface area contributed by atoms with Gasteiger partial charge in [-0.1, -0.05) is 35.0 Å². The van der Waals surface area contributed by atoms with Gasteiger partial charge in [-0.25, -0.2) is 0 Å². The summed E-state index contributed by atoms with van der Waals surface area (Å²) < 4.78 is 12.9. The summed E-state index contributed by atoms with van der Waals surface area (Å²) in [5.41, 5.74) is 2.71. The van der Waals surface area contributed by atoms with Crippen molar-refractivity contribution < 1.29 is 9.47 Å². The Morgan fingerprint density at radius 1 is 1.29 bits per heavy atom. The standard InChI is InChI=1S/C14H17BrO2/c1-10-9-17-14(5-7-16-8-6-14)11-3-2-4-12(15)13(10)11/h2-4,10H,5-9H2,1H3. The summed E-state index contributed by atoms with van der Waals surface area (Å²) in [6.45, 7) is 4.66. The molecular formula is C14H17BrO2. The molecule has 0 saturated carbocycles. The van der Waals surface area contributed by atoms with Crippen molar-refractivity contribution in [3.63, 3.8) is 0 Å². The minimum atomic E-state index is -0.0934. The Labute approximate surface area is 110 Å². The van der Waals surface area contributed by atoms with Crippen LogP contribution in [0.3, 0.4) is 0 Å². The Hall–Kier alpha value is -0.380. The number of fused-ring (bicyclic) bond motifs is 2. The number of rotatable bonds is 0. The maximum absolute atomic E-state index is 6.20. The zero-order chi connectivity index (χ0) is 11.9. The van der Waals surface area contributed by atoms with Crippen molar-refractivity contribution in [2.75, 3.05) is 19.8 Å². The number of hydrogen-bond donors (Lipinski definition) is 0. The maximum Gasteiger partial charge on any atom is 0.0978 e. The number of hydrogen-bond acceptors (Lipinski definition) is 2. The van der Waals surface area contributed by atoms with E-state index in [-0.39, 0.29) is 5.60 Å². The van der Waals surface area contributed by atoms with Crippen LogP contribution >= 0.6 is 15.9 Å². The molecule has 0 N–H and O–H groups in total. The molecule has 0 radical (unpaired) electrons. The third-order valence-electron chi connectivity index (χ3n) is 3.95. The molecule has 0 aliphatic carbocycles. The predicted octanol–water partition coefficient (Wildman–Crippen LogP) is 3.59. The van der Waals surface area contributed by atoms with Gasteiger partial charge in [0.05, 0.1) is 12.2 Å². The van der Waals surface area contributed by atoms with Gasteiger partial charge in [0.1, 0.15) is 0 Å². The van der Waals surface area contributed by atoms with Crippen molar-refractivity contribution in [1.29, 1.82) is 0 Å². The molecule has 3 rings (SSSR count). The topological polar surface area (TPSA) is 18.5 Å². The van der Waals surface area contributed by atoms with E-state index in [1.807, 2.05) is 0 Å². The lowest BCUT2D eigenvalue weighted by molar-refractivity contribution is -0.128. The summed E-state index contributed by atoms with van der Waals surface area (Å²) in [7, 11) is 0. The van der Waals surface area contributed by atoms with E-state index < -0.39 is 0 Å². The first kappa shape index (κ1) is 11.7. The molecule has 2 nitrogen and oxygen atoms in total. The second-order valence-electron chi connectivity index (χ2n) is 5.02. The third-order valence-corrected chi connectivity index (χ3v) is 4.64. The van der Waals surface area contributed by atoms with E-state index in [2.05, 4.69) is 41.1 Å². The zero-order valence-corrected chi connectivity index (χ0v) is 11.6. The second-order valence-corrected chi connectivity index (χ2v) is 5.87. The first-order chi connectivity index (χ1) is 8.23. The Bertz CT molecular complexity index is 424. The fourth-order valence-electron chi connectivity index (χ4n) is 3.00. The monoisotopic (exact) mass is 296 g/mol. The molecule has 3 heteroatoms. The molecule has 1 fully saturated rings. The molecule has 1 unspecified atom stereocenters. The van der Waals surface area contributed by atoms with Crippen LogP contribution in [0.4, 0.5) is 0 Å². The van der Waals surface area contributed by atoms with E-state index in [1.165, 1.54) is 15.6 Å². The maximum atomic E-state index is 6.20. The lowest BCUT2D eigenvalue weighted by Gasteiger charge is -2.44. The smallest absolute Gasteiger partial charge is 0.0978 e. The normalized spacial score (nSPS) is 26.8. The molecule has 92 valence electrons. The minimum Gasteiger partial charge on any atom is -0.381 e. The molecule has 0 amide bonds. The van der Waals surface area contributed by atoms with Gasteiger partial charge in [-0.2, -0.15) is 0 Å². The largest absolute Gasteiger partial charge is 0.381 e. The van der Waals surface area contributed by atoms with Gasteiger partial charge in [0.25, 0.3) is 0 Å². The zero-order valence-electron chi connectivity index (χ0n) is 10.0. The van der Waals surface area contributed by atoms with E-state index in [0.29, 0.717) is 5.92 Å². The fraction of sp³-hybridized carbons (Fsp3) is 0.571. The van der Waals surface area contributed by atoms with Crippen LogP contribution in [-0.2, 0) is 15.1 Å². The highest BCUT2D eigenvalue weighted by Gasteiger charge is 2.41. The van der Waals surface area contributed by atoms with E-state index in [0.717, 1.165) is 32.7 Å². The second kappa shape index (κ2) is 4.38. The highest BCUT2D eigenvalue weighted by molar-refractivity contribution is 9.10. The van der Waals surface area contributed by atoms with Gasteiger partial charge in [-0.05, 0) is 17.2 Å². The molecule has 1 saturated heterocycles. The molecule has 1 aromatic carbocycles. The van der Waals surface area contributed by atoms with E-state index in [1.54, 1.807) is 0 Å². The first-order valence-corrected chi connectivity index (χ1v) is 7.03. The molecule has 1 spiro atoms. The average molecular weight is 297 g/mol. The lowest BCUT2D eigenvalue weighted by atomic mass is 9.78. The number of benzene rings is 1. The summed E-state index contributed by atoms with van der Waals surface area (Å²) in [6, 6.07) is 6.47. The fourth-order valence-corrected chi connectivity index (χ4v) is 3.75. The van der Waals surface area contributed by atoms with Gasteiger partial charge in [-0.3, -0.25) is 0 Å². The summed E-state index contributed by atoms with van der Waals surface area (Å²) in [5, 5.41) is 0. The molecule has 1 atom stereocenters. The van der Waals surface area contributed by atoms with Crippen LogP contribution in [0.1, 0.15) is 36.8 Å². The summed E-state index contributed by atoms with van der Waals surface area (Å²) in [4.78, 5) is 0. The Kier molecular flexibility index (Phi) is 3.01. The summed E-state index contributed by atoms with van der Waals surface area (Å²) in [5.74, 6) is 0.467. The van der Waals surface area contributed by atoms with Crippen LogP contribution in [-0.4, -0.2) is 19.8 Å². The van der Waals surface area contributed by atoms with Crippen molar-refractivity contribution in [1.82, 2.24) is 0 Å². The molecule has 17 heavy (non-hydrogen) atoms. The lowest BCUT2D eigenvalue weighted by Crippen LogP contribution is -2.41. The van der Waals surface area contributed by atoms with Crippen LogP contribution in [0.2, 0.25) is 0 Å². The van der Waals surface area contributed by atoms with Crippen LogP contribution in [0.25, 0.3) is 0 Å². The van der Waals surface area contributed by atoms with Gasteiger partial charge in [-0.15, -0.1) is 0 Å². The molecule has 2 aliphatic heterocycles. The highest BCUT2D eigenvalue weighted by atomic mass is 79.9. The number of halogens is 1. The third kappa shape index (κ3) is 1.85. The van der Waals surface area contributed by atoms with Gasteiger partial charge in [0, 0.05) is 36.4 Å². The van der Waals surface area contributed by atoms with Gasteiger partial charge in [0.15, 0.2) is 0 Å². The van der Waals surface area contributed by atoms with E-state index in [4.69, 9.17) is 9.47 Å². The molecule has 2 heterocycles. The van der Waals surface area contributed by atoms with Crippen molar-refractivity contribution in [3.8, 4) is 0 Å². The average Bonchev–Trinajstić information content (AvgIpc) is 2.36. The molecule has 1 aromatic rings. The van der Waals surface area contributed by atoms with Crippen molar-refractivity contribution >= 4 is 15.9 Å². The Morgan fingerprint density at radius 2 is 2.06 bits per heavy atom.